The zero-order valence-electron chi connectivity index (χ0n) is 13.3. The number of aromatic nitrogens is 2. The average Bonchev–Trinajstić information content (AvgIpc) is 2.45. The van der Waals surface area contributed by atoms with Gasteiger partial charge in [-0.3, -0.25) is 9.59 Å². The predicted octanol–water partition coefficient (Wildman–Crippen LogP) is -0.0121. The molecular formula is C14H21N5O3. The standard InChI is InChI=1S/C14H21N5O3/c1-14(2)9-18(13(22)17(3)4)7-8-19(14)12(21)10-5-6-11(20)16-15-10/h5-6H,7-9H2,1-4H3,(H,16,20). The molecule has 1 aliphatic heterocycles. The smallest absolute Gasteiger partial charge is 0.319 e. The van der Waals surface area contributed by atoms with Crippen LogP contribution < -0.4 is 5.56 Å². The molecule has 0 aliphatic carbocycles. The topological polar surface area (TPSA) is 89.6 Å². The van der Waals surface area contributed by atoms with E-state index >= 15 is 0 Å². The molecular weight excluding hydrogens is 286 g/mol. The van der Waals surface area contributed by atoms with Crippen molar-refractivity contribution in [2.24, 2.45) is 0 Å². The highest BCUT2D eigenvalue weighted by molar-refractivity contribution is 5.92. The molecule has 1 aromatic heterocycles. The van der Waals surface area contributed by atoms with E-state index in [1.807, 2.05) is 13.8 Å². The first-order valence-electron chi connectivity index (χ1n) is 7.06. The van der Waals surface area contributed by atoms with E-state index in [4.69, 9.17) is 0 Å². The van der Waals surface area contributed by atoms with Crippen LogP contribution in [0.25, 0.3) is 0 Å². The third kappa shape index (κ3) is 3.10. The molecule has 1 fully saturated rings. The second kappa shape index (κ2) is 5.78. The predicted molar refractivity (Wildman–Crippen MR) is 80.6 cm³/mol. The monoisotopic (exact) mass is 307 g/mol. The van der Waals surface area contributed by atoms with Gasteiger partial charge in [0.05, 0.1) is 5.54 Å². The number of hydrogen-bond acceptors (Lipinski definition) is 4. The lowest BCUT2D eigenvalue weighted by Crippen LogP contribution is -2.63. The Morgan fingerprint density at radius 3 is 2.45 bits per heavy atom. The van der Waals surface area contributed by atoms with Crippen molar-refractivity contribution < 1.29 is 9.59 Å². The van der Waals surface area contributed by atoms with E-state index in [9.17, 15) is 14.4 Å². The molecule has 0 bridgehead atoms. The van der Waals surface area contributed by atoms with Crippen molar-refractivity contribution in [2.45, 2.75) is 19.4 Å². The number of amides is 3. The van der Waals surface area contributed by atoms with E-state index in [1.54, 1.807) is 23.9 Å². The molecule has 1 N–H and O–H groups in total. The highest BCUT2D eigenvalue weighted by atomic mass is 16.2. The van der Waals surface area contributed by atoms with Crippen LogP contribution in [0.5, 0.6) is 0 Å². The molecule has 1 saturated heterocycles. The Kier molecular flexibility index (Phi) is 4.20. The highest BCUT2D eigenvalue weighted by Gasteiger charge is 2.39. The van der Waals surface area contributed by atoms with Crippen LogP contribution in [0, 0.1) is 0 Å². The van der Waals surface area contributed by atoms with Gasteiger partial charge in [0.25, 0.3) is 11.5 Å². The van der Waals surface area contributed by atoms with E-state index in [1.165, 1.54) is 17.0 Å². The molecule has 1 aliphatic rings. The zero-order chi connectivity index (χ0) is 16.5. The zero-order valence-corrected chi connectivity index (χ0v) is 13.3. The number of carbonyl (C=O) groups excluding carboxylic acids is 2. The second-order valence-corrected chi connectivity index (χ2v) is 6.17. The van der Waals surface area contributed by atoms with Crippen molar-refractivity contribution in [3.8, 4) is 0 Å². The summed E-state index contributed by atoms with van der Waals surface area (Å²) in [6.07, 6.45) is 0. The van der Waals surface area contributed by atoms with Crippen LogP contribution in [-0.2, 0) is 0 Å². The maximum absolute atomic E-state index is 12.6. The lowest BCUT2D eigenvalue weighted by atomic mass is 9.98. The van der Waals surface area contributed by atoms with Gasteiger partial charge < -0.3 is 14.7 Å². The highest BCUT2D eigenvalue weighted by Crippen LogP contribution is 2.23. The summed E-state index contributed by atoms with van der Waals surface area (Å²) < 4.78 is 0. The molecule has 0 atom stereocenters. The van der Waals surface area contributed by atoms with Crippen LogP contribution in [0.3, 0.4) is 0 Å². The number of rotatable bonds is 1. The first-order valence-corrected chi connectivity index (χ1v) is 7.06. The molecule has 3 amide bonds. The second-order valence-electron chi connectivity index (χ2n) is 6.17. The van der Waals surface area contributed by atoms with Gasteiger partial charge in [0.15, 0.2) is 0 Å². The van der Waals surface area contributed by atoms with Crippen LogP contribution >= 0.6 is 0 Å². The van der Waals surface area contributed by atoms with Gasteiger partial charge in [-0.1, -0.05) is 0 Å². The quantitative estimate of drug-likeness (QED) is 0.790. The van der Waals surface area contributed by atoms with E-state index in [2.05, 4.69) is 10.2 Å². The normalized spacial score (nSPS) is 17.3. The number of H-pyrrole nitrogens is 1. The number of piperazine rings is 1. The van der Waals surface area contributed by atoms with Crippen LogP contribution in [0.4, 0.5) is 4.79 Å². The Balaban J connectivity index is 2.17. The molecule has 0 saturated carbocycles. The Morgan fingerprint density at radius 2 is 1.95 bits per heavy atom. The van der Waals surface area contributed by atoms with E-state index in [0.29, 0.717) is 19.6 Å². The fourth-order valence-electron chi connectivity index (χ4n) is 2.58. The first-order chi connectivity index (χ1) is 10.2. The number of nitrogens with one attached hydrogen (secondary N) is 1. The van der Waals surface area contributed by atoms with Crippen LogP contribution in [-0.4, -0.2) is 76.1 Å². The van der Waals surface area contributed by atoms with Crippen LogP contribution in [0.2, 0.25) is 0 Å². The fourth-order valence-corrected chi connectivity index (χ4v) is 2.58. The lowest BCUT2D eigenvalue weighted by Gasteiger charge is -2.47. The van der Waals surface area contributed by atoms with Crippen LogP contribution in [0.1, 0.15) is 24.3 Å². The Labute approximate surface area is 128 Å². The molecule has 120 valence electrons. The van der Waals surface area contributed by atoms with Gasteiger partial charge in [-0.15, -0.1) is 0 Å². The Bertz CT molecular complexity index is 617. The van der Waals surface area contributed by atoms with Gasteiger partial charge in [-0.05, 0) is 19.9 Å². The van der Waals surface area contributed by atoms with Gasteiger partial charge in [0.1, 0.15) is 5.69 Å². The number of nitrogens with zero attached hydrogens (tertiary/aromatic N) is 4. The maximum atomic E-state index is 12.6. The van der Waals surface area contributed by atoms with Crippen molar-refractivity contribution in [3.05, 3.63) is 28.2 Å². The van der Waals surface area contributed by atoms with Crippen molar-refractivity contribution in [2.75, 3.05) is 33.7 Å². The van der Waals surface area contributed by atoms with Gasteiger partial charge in [0.2, 0.25) is 0 Å². The Hall–Kier alpha value is -2.38. The molecule has 8 nitrogen and oxygen atoms in total. The Morgan fingerprint density at radius 1 is 1.27 bits per heavy atom. The van der Waals surface area contributed by atoms with E-state index < -0.39 is 5.54 Å². The minimum Gasteiger partial charge on any atom is -0.331 e. The minimum absolute atomic E-state index is 0.0673. The number of carbonyl (C=O) groups is 2. The van der Waals surface area contributed by atoms with E-state index in [-0.39, 0.29) is 23.2 Å². The van der Waals surface area contributed by atoms with Gasteiger partial charge >= 0.3 is 6.03 Å². The van der Waals surface area contributed by atoms with Crippen molar-refractivity contribution in [3.63, 3.8) is 0 Å². The molecule has 1 aromatic rings. The summed E-state index contributed by atoms with van der Waals surface area (Å²) in [5.41, 5.74) is -0.670. The van der Waals surface area contributed by atoms with Gasteiger partial charge in [0, 0.05) is 39.8 Å². The summed E-state index contributed by atoms with van der Waals surface area (Å²) in [4.78, 5) is 40.6. The van der Waals surface area contributed by atoms with Crippen molar-refractivity contribution >= 4 is 11.9 Å². The number of hydrogen-bond donors (Lipinski definition) is 1. The van der Waals surface area contributed by atoms with Crippen molar-refractivity contribution in [1.29, 1.82) is 0 Å². The van der Waals surface area contributed by atoms with Crippen molar-refractivity contribution in [1.82, 2.24) is 24.9 Å². The summed E-state index contributed by atoms with van der Waals surface area (Å²) in [6.45, 7) is 5.15. The van der Waals surface area contributed by atoms with E-state index in [0.717, 1.165) is 0 Å². The molecule has 0 aromatic carbocycles. The molecule has 0 unspecified atom stereocenters. The molecule has 2 heterocycles. The third-order valence-corrected chi connectivity index (χ3v) is 3.70. The molecule has 0 spiro atoms. The molecule has 8 heteroatoms. The third-order valence-electron chi connectivity index (χ3n) is 3.70. The molecule has 0 radical (unpaired) electrons. The SMILES string of the molecule is CN(C)C(=O)N1CCN(C(=O)c2ccc(=O)[nH]n2)C(C)(C)C1. The maximum Gasteiger partial charge on any atom is 0.319 e. The number of urea groups is 1. The number of aromatic amines is 1. The summed E-state index contributed by atoms with van der Waals surface area (Å²) >= 11 is 0. The molecule has 22 heavy (non-hydrogen) atoms. The van der Waals surface area contributed by atoms with Gasteiger partial charge in [-0.25, -0.2) is 9.89 Å². The summed E-state index contributed by atoms with van der Waals surface area (Å²) in [7, 11) is 3.41. The minimum atomic E-state index is -0.515. The summed E-state index contributed by atoms with van der Waals surface area (Å²) in [5.74, 6) is -0.252. The molecule has 2 rings (SSSR count). The lowest BCUT2D eigenvalue weighted by molar-refractivity contribution is 0.0235. The summed E-state index contributed by atoms with van der Waals surface area (Å²) in [5, 5.41) is 6.05. The average molecular weight is 307 g/mol. The fraction of sp³-hybridized carbons (Fsp3) is 0.571. The largest absolute Gasteiger partial charge is 0.331 e. The first kappa shape index (κ1) is 16.0. The van der Waals surface area contributed by atoms with Gasteiger partial charge in [-0.2, -0.15) is 5.10 Å². The van der Waals surface area contributed by atoms with Crippen LogP contribution in [0.15, 0.2) is 16.9 Å². The summed E-state index contributed by atoms with van der Waals surface area (Å²) in [6, 6.07) is 2.62.